The maximum Gasteiger partial charge on any atom is 0.259 e. The Balaban J connectivity index is 0.933. The van der Waals surface area contributed by atoms with Gasteiger partial charge in [0.05, 0.1) is 33.7 Å². The van der Waals surface area contributed by atoms with Crippen LogP contribution in [0.25, 0.3) is 33.8 Å². The lowest BCUT2D eigenvalue weighted by atomic mass is 9.73. The molecule has 3 aromatic carbocycles. The predicted octanol–water partition coefficient (Wildman–Crippen LogP) is 7.35. The minimum Gasteiger partial charge on any atom is -0.381 e. The highest BCUT2D eigenvalue weighted by molar-refractivity contribution is 6.31. The second-order valence-electron chi connectivity index (χ2n) is 13.4. The van der Waals surface area contributed by atoms with Gasteiger partial charge in [-0.3, -0.25) is 9.59 Å². The van der Waals surface area contributed by atoms with Gasteiger partial charge in [0, 0.05) is 66.3 Å². The van der Waals surface area contributed by atoms with Crippen molar-refractivity contribution in [1.29, 1.82) is 0 Å². The standard InChI is InChI=1S/C39H34ClN7O3/c40-26-9-12-28-33(21-26)47(17-13-25-20-32(43-34(25)28)35-44-30-5-1-2-6-31(30)45-35)38(49)24-7-10-27(11-8-24)42-37(48)29-4-3-16-41-36(29)46-22-39(23-46)14-18-50-19-15-39/h1-12,16,20-21,43H,13-15,17-19,22-23H2,(H,42,48)(H,44,45). The largest absolute Gasteiger partial charge is 0.381 e. The zero-order valence-corrected chi connectivity index (χ0v) is 28.0. The first-order valence-corrected chi connectivity index (χ1v) is 17.3. The molecular formula is C39H34ClN7O3. The minimum atomic E-state index is -0.237. The molecule has 6 aromatic rings. The van der Waals surface area contributed by atoms with Crippen molar-refractivity contribution in [3.63, 3.8) is 0 Å². The number of aromatic amines is 2. The average Bonchev–Trinajstić information content (AvgIpc) is 3.73. The number of carbonyl (C=O) groups is 2. The van der Waals surface area contributed by atoms with Crippen LogP contribution in [-0.2, 0) is 11.2 Å². The van der Waals surface area contributed by atoms with Crippen molar-refractivity contribution in [2.24, 2.45) is 5.41 Å². The van der Waals surface area contributed by atoms with Crippen LogP contribution >= 0.6 is 11.6 Å². The molecule has 3 N–H and O–H groups in total. The lowest BCUT2D eigenvalue weighted by molar-refractivity contribution is -0.000509. The maximum atomic E-state index is 14.1. The number of hydrogen-bond donors (Lipinski definition) is 3. The van der Waals surface area contributed by atoms with Gasteiger partial charge >= 0.3 is 0 Å². The Morgan fingerprint density at radius 3 is 2.56 bits per heavy atom. The fourth-order valence-electron chi connectivity index (χ4n) is 7.56. The smallest absolute Gasteiger partial charge is 0.259 e. The van der Waals surface area contributed by atoms with Crippen molar-refractivity contribution in [3.8, 4) is 22.8 Å². The van der Waals surface area contributed by atoms with Gasteiger partial charge in [0.2, 0.25) is 0 Å². The first-order valence-electron chi connectivity index (χ1n) is 16.9. The number of amides is 2. The molecule has 9 rings (SSSR count). The van der Waals surface area contributed by atoms with Gasteiger partial charge in [-0.15, -0.1) is 0 Å². The molecule has 50 heavy (non-hydrogen) atoms. The monoisotopic (exact) mass is 683 g/mol. The minimum absolute atomic E-state index is 0.150. The van der Waals surface area contributed by atoms with Crippen molar-refractivity contribution in [3.05, 3.63) is 113 Å². The summed E-state index contributed by atoms with van der Waals surface area (Å²) in [6.07, 6.45) is 4.44. The number of carbonyl (C=O) groups excluding carboxylic acids is 2. The first kappa shape index (κ1) is 30.6. The summed E-state index contributed by atoms with van der Waals surface area (Å²) < 4.78 is 5.56. The molecule has 0 aliphatic carbocycles. The highest BCUT2D eigenvalue weighted by atomic mass is 35.5. The highest BCUT2D eigenvalue weighted by Crippen LogP contribution is 2.43. The number of aromatic nitrogens is 4. The average molecular weight is 684 g/mol. The second kappa shape index (κ2) is 12.2. The molecule has 3 aliphatic rings. The Morgan fingerprint density at radius 1 is 0.920 bits per heavy atom. The number of anilines is 3. The number of ether oxygens (including phenoxy) is 1. The van der Waals surface area contributed by atoms with E-state index in [0.717, 1.165) is 84.2 Å². The third kappa shape index (κ3) is 5.41. The predicted molar refractivity (Wildman–Crippen MR) is 195 cm³/mol. The fraction of sp³-hybridized carbons (Fsp3) is 0.231. The Bertz CT molecular complexity index is 2230. The third-order valence-electron chi connectivity index (χ3n) is 10.2. The topological polar surface area (TPSA) is 119 Å². The molecular weight excluding hydrogens is 650 g/mol. The molecule has 0 bridgehead atoms. The van der Waals surface area contributed by atoms with Crippen LogP contribution in [0, 0.1) is 5.41 Å². The van der Waals surface area contributed by atoms with Gasteiger partial charge in [-0.1, -0.05) is 23.7 Å². The molecule has 3 aliphatic heterocycles. The van der Waals surface area contributed by atoms with Gasteiger partial charge in [-0.25, -0.2) is 9.97 Å². The van der Waals surface area contributed by atoms with Gasteiger partial charge in [0.15, 0.2) is 5.82 Å². The Morgan fingerprint density at radius 2 is 1.74 bits per heavy atom. The number of benzene rings is 3. The van der Waals surface area contributed by atoms with E-state index in [1.165, 1.54) is 0 Å². The number of imidazole rings is 1. The number of fused-ring (bicyclic) bond motifs is 4. The summed E-state index contributed by atoms with van der Waals surface area (Å²) in [6.45, 7) is 3.80. The summed E-state index contributed by atoms with van der Waals surface area (Å²) in [5.74, 6) is 1.07. The Labute approximate surface area is 293 Å². The van der Waals surface area contributed by atoms with Crippen LogP contribution < -0.4 is 15.1 Å². The zero-order valence-electron chi connectivity index (χ0n) is 27.2. The number of halogens is 1. The molecule has 3 aromatic heterocycles. The summed E-state index contributed by atoms with van der Waals surface area (Å²) >= 11 is 6.50. The summed E-state index contributed by atoms with van der Waals surface area (Å²) in [5, 5.41) is 3.55. The molecule has 0 atom stereocenters. The van der Waals surface area contributed by atoms with Gasteiger partial charge in [-0.2, -0.15) is 0 Å². The fourth-order valence-corrected chi connectivity index (χ4v) is 7.72. The third-order valence-corrected chi connectivity index (χ3v) is 10.5. The molecule has 11 heteroatoms. The molecule has 0 saturated carbocycles. The lowest BCUT2D eigenvalue weighted by Gasteiger charge is -2.53. The molecule has 6 heterocycles. The molecule has 0 radical (unpaired) electrons. The zero-order chi connectivity index (χ0) is 33.8. The van der Waals surface area contributed by atoms with Gasteiger partial charge in [0.25, 0.3) is 11.8 Å². The van der Waals surface area contributed by atoms with E-state index >= 15 is 0 Å². The van der Waals surface area contributed by atoms with E-state index in [-0.39, 0.29) is 17.2 Å². The van der Waals surface area contributed by atoms with E-state index in [1.54, 1.807) is 41.4 Å². The summed E-state index contributed by atoms with van der Waals surface area (Å²) in [6, 6.07) is 26.3. The van der Waals surface area contributed by atoms with Gasteiger partial charge in [-0.05, 0) is 97.6 Å². The molecule has 2 amide bonds. The normalized spacial score (nSPS) is 16.4. The van der Waals surface area contributed by atoms with E-state index in [4.69, 9.17) is 21.3 Å². The van der Waals surface area contributed by atoms with Crippen LogP contribution in [0.1, 0.15) is 39.1 Å². The number of pyridine rings is 1. The lowest BCUT2D eigenvalue weighted by Crippen LogP contribution is -2.59. The number of nitrogens with zero attached hydrogens (tertiary/aromatic N) is 4. The second-order valence-corrected chi connectivity index (χ2v) is 13.9. The molecule has 0 unspecified atom stereocenters. The Hall–Kier alpha value is -5.45. The SMILES string of the molecule is O=C(Nc1ccc(C(=O)N2CCc3cc(-c4nc5ccccc5[nH]4)[nH]c3-c3ccc(Cl)cc32)cc1)c1cccnc1N1CC2(CCOCC2)C1. The molecule has 10 nitrogen and oxygen atoms in total. The molecule has 1 spiro atoms. The number of nitrogens with one attached hydrogen (secondary N) is 3. The number of hydrogen-bond acceptors (Lipinski definition) is 6. The van der Waals surface area contributed by atoms with E-state index in [0.29, 0.717) is 40.6 Å². The van der Waals surface area contributed by atoms with Crippen LogP contribution in [0.3, 0.4) is 0 Å². The van der Waals surface area contributed by atoms with E-state index in [1.807, 2.05) is 48.5 Å². The van der Waals surface area contributed by atoms with Crippen molar-refractivity contribution in [1.82, 2.24) is 19.9 Å². The van der Waals surface area contributed by atoms with E-state index in [9.17, 15) is 9.59 Å². The number of H-pyrrole nitrogens is 2. The Kier molecular flexibility index (Phi) is 7.44. The molecule has 2 saturated heterocycles. The van der Waals surface area contributed by atoms with Crippen LogP contribution in [0.15, 0.2) is 91.1 Å². The number of rotatable bonds is 5. The maximum absolute atomic E-state index is 14.1. The van der Waals surface area contributed by atoms with Gasteiger partial charge in [0.1, 0.15) is 5.82 Å². The highest BCUT2D eigenvalue weighted by Gasteiger charge is 2.45. The summed E-state index contributed by atoms with van der Waals surface area (Å²) in [4.78, 5) is 47.8. The van der Waals surface area contributed by atoms with Crippen molar-refractivity contribution in [2.75, 3.05) is 48.0 Å². The van der Waals surface area contributed by atoms with Crippen molar-refractivity contribution >= 4 is 51.6 Å². The summed E-state index contributed by atoms with van der Waals surface area (Å²) in [7, 11) is 0. The summed E-state index contributed by atoms with van der Waals surface area (Å²) in [5.41, 5.74) is 8.29. The van der Waals surface area contributed by atoms with Crippen LogP contribution in [0.4, 0.5) is 17.2 Å². The van der Waals surface area contributed by atoms with E-state index < -0.39 is 0 Å². The molecule has 2 fully saturated rings. The van der Waals surface area contributed by atoms with Crippen molar-refractivity contribution in [2.45, 2.75) is 19.3 Å². The quantitative estimate of drug-likeness (QED) is 0.175. The first-order chi connectivity index (χ1) is 24.4. The van der Waals surface area contributed by atoms with Crippen molar-refractivity contribution < 1.29 is 14.3 Å². The van der Waals surface area contributed by atoms with Crippen LogP contribution in [-0.4, -0.2) is 64.6 Å². The van der Waals surface area contributed by atoms with Crippen LogP contribution in [0.2, 0.25) is 5.02 Å². The van der Waals surface area contributed by atoms with Gasteiger partial charge < -0.3 is 29.8 Å². The molecule has 250 valence electrons. The van der Waals surface area contributed by atoms with E-state index in [2.05, 4.69) is 31.2 Å². The number of para-hydroxylation sites is 2. The van der Waals surface area contributed by atoms with Crippen LogP contribution in [0.5, 0.6) is 0 Å².